The van der Waals surface area contributed by atoms with Gasteiger partial charge < -0.3 is 15.0 Å². The third-order valence-corrected chi connectivity index (χ3v) is 7.69. The lowest BCUT2D eigenvalue weighted by atomic mass is 9.87. The van der Waals surface area contributed by atoms with Crippen molar-refractivity contribution in [2.45, 2.75) is 38.0 Å². The number of carbonyl (C=O) groups excluding carboxylic acids is 2. The number of nitrogens with one attached hydrogen (secondary N) is 1. The van der Waals surface area contributed by atoms with Crippen LogP contribution >= 0.6 is 0 Å². The SMILES string of the molecule is CCOc1ccc(S(=O)(=O)N2CCN(C(=O)CNC(=O)c3ccc(C(C)(C)C)cc3)CC2)cc1. The van der Waals surface area contributed by atoms with E-state index in [1.54, 1.807) is 29.2 Å². The van der Waals surface area contributed by atoms with Crippen LogP contribution in [0.15, 0.2) is 53.4 Å². The van der Waals surface area contributed by atoms with Crippen LogP contribution in [-0.4, -0.2) is 68.8 Å². The quantitative estimate of drug-likeness (QED) is 0.648. The number of amides is 2. The van der Waals surface area contributed by atoms with Crippen molar-refractivity contribution in [1.82, 2.24) is 14.5 Å². The normalized spacial score (nSPS) is 15.1. The molecule has 1 heterocycles. The molecule has 0 atom stereocenters. The van der Waals surface area contributed by atoms with Crippen molar-refractivity contribution in [3.63, 3.8) is 0 Å². The number of hydrogen-bond acceptors (Lipinski definition) is 5. The summed E-state index contributed by atoms with van der Waals surface area (Å²) in [4.78, 5) is 26.8. The molecule has 0 aliphatic carbocycles. The van der Waals surface area contributed by atoms with E-state index in [4.69, 9.17) is 4.74 Å². The Kier molecular flexibility index (Phi) is 7.99. The van der Waals surface area contributed by atoms with Crippen molar-refractivity contribution >= 4 is 21.8 Å². The minimum atomic E-state index is -3.65. The average Bonchev–Trinajstić information content (AvgIpc) is 2.82. The van der Waals surface area contributed by atoms with Crippen LogP contribution in [0.5, 0.6) is 5.75 Å². The molecule has 0 aromatic heterocycles. The second-order valence-electron chi connectivity index (χ2n) is 9.20. The maximum atomic E-state index is 12.9. The molecule has 0 radical (unpaired) electrons. The van der Waals surface area contributed by atoms with Gasteiger partial charge in [0.2, 0.25) is 15.9 Å². The topological polar surface area (TPSA) is 96.0 Å². The van der Waals surface area contributed by atoms with Gasteiger partial charge in [-0.15, -0.1) is 0 Å². The molecule has 184 valence electrons. The number of benzene rings is 2. The van der Waals surface area contributed by atoms with Gasteiger partial charge in [0.05, 0.1) is 18.0 Å². The monoisotopic (exact) mass is 487 g/mol. The molecule has 9 heteroatoms. The van der Waals surface area contributed by atoms with Crippen LogP contribution in [0.25, 0.3) is 0 Å². The molecule has 2 amide bonds. The fourth-order valence-corrected chi connectivity index (χ4v) is 5.11. The molecular weight excluding hydrogens is 454 g/mol. The van der Waals surface area contributed by atoms with Crippen LogP contribution in [0.2, 0.25) is 0 Å². The molecule has 3 rings (SSSR count). The van der Waals surface area contributed by atoms with Crippen LogP contribution in [-0.2, 0) is 20.2 Å². The summed E-state index contributed by atoms with van der Waals surface area (Å²) >= 11 is 0. The van der Waals surface area contributed by atoms with Crippen molar-refractivity contribution in [3.8, 4) is 5.75 Å². The fourth-order valence-electron chi connectivity index (χ4n) is 3.69. The Bertz CT molecular complexity index is 1100. The Morgan fingerprint density at radius 3 is 2.06 bits per heavy atom. The summed E-state index contributed by atoms with van der Waals surface area (Å²) in [7, 11) is -3.65. The first kappa shape index (κ1) is 25.7. The molecule has 2 aromatic carbocycles. The molecule has 34 heavy (non-hydrogen) atoms. The number of hydrogen-bond donors (Lipinski definition) is 1. The van der Waals surface area contributed by atoms with E-state index in [0.29, 0.717) is 17.9 Å². The van der Waals surface area contributed by atoms with Gasteiger partial charge in [-0.05, 0) is 54.3 Å². The van der Waals surface area contributed by atoms with E-state index in [0.717, 1.165) is 5.56 Å². The molecule has 0 spiro atoms. The van der Waals surface area contributed by atoms with Gasteiger partial charge in [-0.25, -0.2) is 8.42 Å². The molecule has 8 nitrogen and oxygen atoms in total. The summed E-state index contributed by atoms with van der Waals surface area (Å²) in [6.45, 7) is 9.47. The highest BCUT2D eigenvalue weighted by atomic mass is 32.2. The number of sulfonamides is 1. The Morgan fingerprint density at radius 1 is 0.941 bits per heavy atom. The third-order valence-electron chi connectivity index (χ3n) is 5.78. The van der Waals surface area contributed by atoms with E-state index in [-0.39, 0.29) is 54.8 Å². The van der Waals surface area contributed by atoms with Crippen LogP contribution in [0.3, 0.4) is 0 Å². The minimum Gasteiger partial charge on any atom is -0.494 e. The highest BCUT2D eigenvalue weighted by Gasteiger charge is 2.30. The minimum absolute atomic E-state index is 0.00643. The first-order valence-corrected chi connectivity index (χ1v) is 12.9. The average molecular weight is 488 g/mol. The Morgan fingerprint density at radius 2 is 1.53 bits per heavy atom. The molecule has 1 saturated heterocycles. The highest BCUT2D eigenvalue weighted by molar-refractivity contribution is 7.89. The van der Waals surface area contributed by atoms with Crippen molar-refractivity contribution in [3.05, 3.63) is 59.7 Å². The molecule has 2 aromatic rings. The summed E-state index contributed by atoms with van der Waals surface area (Å²) in [5, 5.41) is 2.66. The molecule has 1 fully saturated rings. The number of rotatable bonds is 7. The molecular formula is C25H33N3O5S. The zero-order valence-electron chi connectivity index (χ0n) is 20.2. The van der Waals surface area contributed by atoms with Gasteiger partial charge in [0.15, 0.2) is 0 Å². The van der Waals surface area contributed by atoms with E-state index in [1.807, 2.05) is 19.1 Å². The Balaban J connectivity index is 1.50. The van der Waals surface area contributed by atoms with Crippen LogP contribution in [0, 0.1) is 0 Å². The third kappa shape index (κ3) is 6.15. The van der Waals surface area contributed by atoms with Crippen LogP contribution in [0.1, 0.15) is 43.6 Å². The van der Waals surface area contributed by atoms with Crippen molar-refractivity contribution in [2.75, 3.05) is 39.3 Å². The van der Waals surface area contributed by atoms with E-state index in [1.165, 1.54) is 16.4 Å². The zero-order valence-corrected chi connectivity index (χ0v) is 21.0. The largest absolute Gasteiger partial charge is 0.494 e. The predicted octanol–water partition coefficient (Wildman–Crippen LogP) is 2.65. The smallest absolute Gasteiger partial charge is 0.251 e. The van der Waals surface area contributed by atoms with Crippen molar-refractivity contribution in [2.24, 2.45) is 0 Å². The molecule has 1 aliphatic heterocycles. The lowest BCUT2D eigenvalue weighted by Crippen LogP contribution is -2.52. The molecule has 0 unspecified atom stereocenters. The van der Waals surface area contributed by atoms with E-state index >= 15 is 0 Å². The summed E-state index contributed by atoms with van der Waals surface area (Å²) in [6, 6.07) is 13.7. The second kappa shape index (κ2) is 10.6. The van der Waals surface area contributed by atoms with Crippen molar-refractivity contribution in [1.29, 1.82) is 0 Å². The summed E-state index contributed by atoms with van der Waals surface area (Å²) in [6.07, 6.45) is 0. The maximum absolute atomic E-state index is 12.9. The number of carbonyl (C=O) groups is 2. The molecule has 0 bridgehead atoms. The van der Waals surface area contributed by atoms with Gasteiger partial charge in [-0.3, -0.25) is 9.59 Å². The Hall–Kier alpha value is -2.91. The van der Waals surface area contributed by atoms with Gasteiger partial charge in [0.1, 0.15) is 5.75 Å². The Labute approximate surface area is 201 Å². The molecule has 1 aliphatic rings. The predicted molar refractivity (Wildman–Crippen MR) is 130 cm³/mol. The highest BCUT2D eigenvalue weighted by Crippen LogP contribution is 2.22. The lowest BCUT2D eigenvalue weighted by Gasteiger charge is -2.34. The summed E-state index contributed by atoms with van der Waals surface area (Å²) < 4.78 is 32.6. The standard InChI is InChI=1S/C25H33N3O5S/c1-5-33-21-10-12-22(13-11-21)34(31,32)28-16-14-27(15-17-28)23(29)18-26-24(30)19-6-8-20(9-7-19)25(2,3)4/h6-13H,5,14-18H2,1-4H3,(H,26,30). The fraction of sp³-hybridized carbons (Fsp3) is 0.440. The van der Waals surface area contributed by atoms with Crippen LogP contribution < -0.4 is 10.1 Å². The summed E-state index contributed by atoms with van der Waals surface area (Å²) in [5.74, 6) is 0.0624. The lowest BCUT2D eigenvalue weighted by molar-refractivity contribution is -0.131. The van der Waals surface area contributed by atoms with Crippen molar-refractivity contribution < 1.29 is 22.7 Å². The van der Waals surface area contributed by atoms with Gasteiger partial charge in [0, 0.05) is 31.7 Å². The van der Waals surface area contributed by atoms with Gasteiger partial charge in [-0.2, -0.15) is 4.31 Å². The number of ether oxygens (including phenoxy) is 1. The zero-order chi connectivity index (χ0) is 24.9. The van der Waals surface area contributed by atoms with Gasteiger partial charge >= 0.3 is 0 Å². The van der Waals surface area contributed by atoms with E-state index in [2.05, 4.69) is 26.1 Å². The van der Waals surface area contributed by atoms with E-state index < -0.39 is 10.0 Å². The second-order valence-corrected chi connectivity index (χ2v) is 11.1. The number of piperazine rings is 1. The van der Waals surface area contributed by atoms with Crippen LogP contribution in [0.4, 0.5) is 0 Å². The first-order chi connectivity index (χ1) is 16.0. The number of nitrogens with zero attached hydrogens (tertiary/aromatic N) is 2. The van der Waals surface area contributed by atoms with Gasteiger partial charge in [0.25, 0.3) is 5.91 Å². The molecule has 1 N–H and O–H groups in total. The van der Waals surface area contributed by atoms with E-state index in [9.17, 15) is 18.0 Å². The first-order valence-electron chi connectivity index (χ1n) is 11.4. The molecule has 0 saturated carbocycles. The van der Waals surface area contributed by atoms with Gasteiger partial charge in [-0.1, -0.05) is 32.9 Å². The maximum Gasteiger partial charge on any atom is 0.251 e. The summed E-state index contributed by atoms with van der Waals surface area (Å²) in [5.41, 5.74) is 1.61.